The number of nitrogens with zero attached hydrogens (tertiary/aromatic N) is 2. The lowest BCUT2D eigenvalue weighted by molar-refractivity contribution is -0.146. The SMILES string of the molecule is c1nc(NN2C[C@]3(CC4CCC3CC4)ON2)cc2c1CCCC2. The van der Waals surface area contributed by atoms with Gasteiger partial charge in [0.1, 0.15) is 11.4 Å². The van der Waals surface area contributed by atoms with Crippen molar-refractivity contribution in [3.63, 3.8) is 0 Å². The second-order valence-electron chi connectivity index (χ2n) is 7.92. The Morgan fingerprint density at radius 2 is 2.00 bits per heavy atom. The van der Waals surface area contributed by atoms with Crippen molar-refractivity contribution in [2.45, 2.75) is 63.4 Å². The van der Waals surface area contributed by atoms with Crippen LogP contribution in [-0.2, 0) is 17.7 Å². The molecular formula is C18H26N4O. The van der Waals surface area contributed by atoms with Crippen LogP contribution in [0.5, 0.6) is 0 Å². The van der Waals surface area contributed by atoms with Gasteiger partial charge in [0, 0.05) is 6.20 Å². The molecule has 5 nitrogen and oxygen atoms in total. The number of aromatic nitrogens is 1. The minimum atomic E-state index is 0.0162. The summed E-state index contributed by atoms with van der Waals surface area (Å²) in [6.07, 6.45) is 13.7. The van der Waals surface area contributed by atoms with Crippen molar-refractivity contribution < 1.29 is 4.84 Å². The van der Waals surface area contributed by atoms with E-state index in [1.807, 2.05) is 11.3 Å². The molecule has 2 heterocycles. The fourth-order valence-electron chi connectivity index (χ4n) is 5.22. The lowest BCUT2D eigenvalue weighted by Gasteiger charge is -2.47. The quantitative estimate of drug-likeness (QED) is 0.879. The second kappa shape index (κ2) is 5.43. The average Bonchev–Trinajstić information content (AvgIpc) is 2.98. The van der Waals surface area contributed by atoms with Gasteiger partial charge < -0.3 is 0 Å². The molecule has 1 spiro atoms. The maximum atomic E-state index is 6.10. The van der Waals surface area contributed by atoms with Crippen molar-refractivity contribution in [3.8, 4) is 0 Å². The largest absolute Gasteiger partial charge is 0.288 e. The minimum absolute atomic E-state index is 0.0162. The number of pyridine rings is 1. The molecular weight excluding hydrogens is 288 g/mol. The summed E-state index contributed by atoms with van der Waals surface area (Å²) in [4.78, 5) is 10.7. The molecule has 5 heteroatoms. The summed E-state index contributed by atoms with van der Waals surface area (Å²) < 4.78 is 0. The molecule has 1 aliphatic heterocycles. The number of hydrogen-bond donors (Lipinski definition) is 2. The van der Waals surface area contributed by atoms with Gasteiger partial charge >= 0.3 is 0 Å². The van der Waals surface area contributed by atoms with Crippen LogP contribution in [0.1, 0.15) is 56.1 Å². The van der Waals surface area contributed by atoms with Gasteiger partial charge in [-0.3, -0.25) is 10.3 Å². The molecule has 6 rings (SSSR count). The molecule has 1 aromatic heterocycles. The Balaban J connectivity index is 1.29. The van der Waals surface area contributed by atoms with Crippen molar-refractivity contribution in [3.05, 3.63) is 23.4 Å². The van der Waals surface area contributed by atoms with E-state index in [2.05, 4.69) is 22.1 Å². The van der Waals surface area contributed by atoms with Crippen molar-refractivity contribution in [2.75, 3.05) is 12.0 Å². The van der Waals surface area contributed by atoms with Crippen LogP contribution in [-0.4, -0.2) is 22.2 Å². The van der Waals surface area contributed by atoms with Gasteiger partial charge in [0.25, 0.3) is 0 Å². The van der Waals surface area contributed by atoms with Crippen molar-refractivity contribution in [1.82, 2.24) is 15.7 Å². The molecule has 1 aromatic rings. The average molecular weight is 314 g/mol. The molecule has 4 aliphatic carbocycles. The number of hydrogen-bond acceptors (Lipinski definition) is 5. The summed E-state index contributed by atoms with van der Waals surface area (Å²) in [7, 11) is 0. The number of fused-ring (bicyclic) bond motifs is 3. The number of hydrazine groups is 2. The highest BCUT2D eigenvalue weighted by Crippen LogP contribution is 2.50. The number of rotatable bonds is 2. The maximum Gasteiger partial charge on any atom is 0.141 e. The highest BCUT2D eigenvalue weighted by Gasteiger charge is 2.53. The van der Waals surface area contributed by atoms with Crippen LogP contribution in [0.25, 0.3) is 0 Å². The highest BCUT2D eigenvalue weighted by molar-refractivity contribution is 5.41. The number of anilines is 1. The molecule has 0 radical (unpaired) electrons. The van der Waals surface area contributed by atoms with Gasteiger partial charge in [0.05, 0.1) is 6.54 Å². The molecule has 3 saturated carbocycles. The Morgan fingerprint density at radius 1 is 1.17 bits per heavy atom. The fraction of sp³-hybridized carbons (Fsp3) is 0.722. The van der Waals surface area contributed by atoms with Crippen LogP contribution in [0.4, 0.5) is 5.82 Å². The minimum Gasteiger partial charge on any atom is -0.288 e. The monoisotopic (exact) mass is 314 g/mol. The third-order valence-electron chi connectivity index (χ3n) is 6.48. The van der Waals surface area contributed by atoms with Gasteiger partial charge in [0.2, 0.25) is 0 Å². The number of nitrogens with one attached hydrogen (secondary N) is 2. The molecule has 0 amide bonds. The van der Waals surface area contributed by atoms with E-state index < -0.39 is 0 Å². The van der Waals surface area contributed by atoms with Crippen LogP contribution in [0.15, 0.2) is 12.3 Å². The zero-order valence-corrected chi connectivity index (χ0v) is 13.7. The van der Waals surface area contributed by atoms with Gasteiger partial charge in [-0.25, -0.2) is 4.98 Å². The van der Waals surface area contributed by atoms with E-state index in [1.165, 1.54) is 68.9 Å². The van der Waals surface area contributed by atoms with Gasteiger partial charge in [-0.2, -0.15) is 0 Å². The summed E-state index contributed by atoms with van der Waals surface area (Å²) in [6, 6.07) is 2.22. The molecule has 1 saturated heterocycles. The first-order valence-corrected chi connectivity index (χ1v) is 9.26. The maximum absolute atomic E-state index is 6.10. The Bertz CT molecular complexity index is 599. The zero-order chi connectivity index (χ0) is 15.3. The standard InChI is InChI=1S/C18H26N4O/c1-2-4-15-11-19-17(9-14(15)3-1)20-22-12-18(23-21-22)10-13-5-7-16(18)8-6-13/h9,11,13,16,21H,1-8,10,12H2,(H,19,20)/t13?,16?,18-/m0/s1. The van der Waals surface area contributed by atoms with Crippen molar-refractivity contribution in [2.24, 2.45) is 11.8 Å². The fourth-order valence-corrected chi connectivity index (χ4v) is 5.22. The molecule has 124 valence electrons. The molecule has 23 heavy (non-hydrogen) atoms. The predicted molar refractivity (Wildman–Crippen MR) is 88.2 cm³/mol. The summed E-state index contributed by atoms with van der Waals surface area (Å²) in [5.74, 6) is 2.51. The Morgan fingerprint density at radius 3 is 2.78 bits per heavy atom. The molecule has 2 bridgehead atoms. The topological polar surface area (TPSA) is 49.4 Å². The van der Waals surface area contributed by atoms with Crippen molar-refractivity contribution in [1.29, 1.82) is 0 Å². The number of aryl methyl sites for hydroxylation is 2. The van der Waals surface area contributed by atoms with Crippen LogP contribution in [0, 0.1) is 11.8 Å². The summed E-state index contributed by atoms with van der Waals surface area (Å²) in [5.41, 5.74) is 9.42. The zero-order valence-electron chi connectivity index (χ0n) is 13.7. The first-order valence-electron chi connectivity index (χ1n) is 9.26. The van der Waals surface area contributed by atoms with E-state index in [0.29, 0.717) is 5.92 Å². The lowest BCUT2D eigenvalue weighted by Crippen LogP contribution is -2.50. The lowest BCUT2D eigenvalue weighted by atomic mass is 9.62. The van der Waals surface area contributed by atoms with E-state index in [-0.39, 0.29) is 5.60 Å². The predicted octanol–water partition coefficient (Wildman–Crippen LogP) is 2.99. The first kappa shape index (κ1) is 14.2. The van der Waals surface area contributed by atoms with Gasteiger partial charge in [0.15, 0.2) is 0 Å². The Hall–Kier alpha value is -1.17. The third-order valence-corrected chi connectivity index (χ3v) is 6.48. The van der Waals surface area contributed by atoms with Gasteiger partial charge in [-0.15, -0.1) is 10.7 Å². The van der Waals surface area contributed by atoms with Crippen LogP contribution in [0.3, 0.4) is 0 Å². The highest BCUT2D eigenvalue weighted by atomic mass is 16.7. The summed E-state index contributed by atoms with van der Waals surface area (Å²) in [5, 5.41) is 2.00. The smallest absolute Gasteiger partial charge is 0.141 e. The van der Waals surface area contributed by atoms with Crippen LogP contribution < -0.4 is 11.0 Å². The second-order valence-corrected chi connectivity index (χ2v) is 7.92. The van der Waals surface area contributed by atoms with Gasteiger partial charge in [-0.1, -0.05) is 0 Å². The first-order chi connectivity index (χ1) is 11.3. The molecule has 1 atom stereocenters. The Kier molecular flexibility index (Phi) is 3.35. The summed E-state index contributed by atoms with van der Waals surface area (Å²) in [6.45, 7) is 0.910. The van der Waals surface area contributed by atoms with Crippen LogP contribution >= 0.6 is 0 Å². The van der Waals surface area contributed by atoms with Crippen molar-refractivity contribution >= 4 is 5.82 Å². The van der Waals surface area contributed by atoms with E-state index in [9.17, 15) is 0 Å². The molecule has 0 aromatic carbocycles. The molecule has 2 N–H and O–H groups in total. The third kappa shape index (κ3) is 2.46. The normalized spacial score (nSPS) is 36.3. The van der Waals surface area contributed by atoms with E-state index in [4.69, 9.17) is 4.84 Å². The Labute approximate surface area is 137 Å². The summed E-state index contributed by atoms with van der Waals surface area (Å²) >= 11 is 0. The van der Waals surface area contributed by atoms with Gasteiger partial charge in [-0.05, 0) is 86.8 Å². The van der Waals surface area contributed by atoms with Crippen LogP contribution in [0.2, 0.25) is 0 Å². The van der Waals surface area contributed by atoms with E-state index in [1.54, 1.807) is 0 Å². The molecule has 5 aliphatic rings. The van der Waals surface area contributed by atoms with E-state index >= 15 is 0 Å². The van der Waals surface area contributed by atoms with E-state index in [0.717, 1.165) is 18.3 Å². The molecule has 4 fully saturated rings. The molecule has 0 unspecified atom stereocenters.